The molecule has 3 aromatic rings. The van der Waals surface area contributed by atoms with Gasteiger partial charge in [0.15, 0.2) is 5.65 Å². The highest BCUT2D eigenvalue weighted by atomic mass is 79.9. The minimum Gasteiger partial charge on any atom is -0.373 e. The molecule has 7 nitrogen and oxygen atoms in total. The van der Waals surface area contributed by atoms with Gasteiger partial charge in [0, 0.05) is 18.1 Å². The highest BCUT2D eigenvalue weighted by molar-refractivity contribution is 9.10. The maximum atomic E-state index is 12.8. The van der Waals surface area contributed by atoms with Gasteiger partial charge in [-0.25, -0.2) is 4.79 Å². The lowest BCUT2D eigenvalue weighted by Crippen LogP contribution is -2.40. The SMILES string of the molecule is CCCn1c(=O)c2c(NC)[nH]nc2n(Cc2ccc(Br)cc2)c1=O. The van der Waals surface area contributed by atoms with Gasteiger partial charge in [0.05, 0.1) is 6.54 Å². The van der Waals surface area contributed by atoms with E-state index in [1.54, 1.807) is 7.05 Å². The van der Waals surface area contributed by atoms with Crippen molar-refractivity contribution in [3.63, 3.8) is 0 Å². The predicted octanol–water partition coefficient (Wildman–Crippen LogP) is 2.15. The molecular weight excluding hydrogens is 374 g/mol. The minimum absolute atomic E-state index is 0.318. The van der Waals surface area contributed by atoms with Crippen molar-refractivity contribution in [2.24, 2.45) is 0 Å². The quantitative estimate of drug-likeness (QED) is 0.697. The molecule has 2 N–H and O–H groups in total. The number of benzene rings is 1. The molecule has 126 valence electrons. The zero-order valence-corrected chi connectivity index (χ0v) is 15.1. The van der Waals surface area contributed by atoms with Crippen LogP contribution in [0.2, 0.25) is 0 Å². The van der Waals surface area contributed by atoms with Crippen LogP contribution >= 0.6 is 15.9 Å². The van der Waals surface area contributed by atoms with Crippen LogP contribution in [0.3, 0.4) is 0 Å². The number of H-pyrrole nitrogens is 1. The molecule has 0 saturated heterocycles. The Morgan fingerprint density at radius 3 is 2.54 bits per heavy atom. The zero-order chi connectivity index (χ0) is 17.3. The van der Waals surface area contributed by atoms with Crippen LogP contribution < -0.4 is 16.6 Å². The lowest BCUT2D eigenvalue weighted by Gasteiger charge is -2.11. The first-order valence-corrected chi connectivity index (χ1v) is 8.50. The first-order valence-electron chi connectivity index (χ1n) is 7.70. The number of rotatable bonds is 5. The average Bonchev–Trinajstić information content (AvgIpc) is 3.01. The van der Waals surface area contributed by atoms with E-state index in [1.807, 2.05) is 31.2 Å². The summed E-state index contributed by atoms with van der Waals surface area (Å²) in [6.45, 7) is 2.66. The molecule has 2 aromatic heterocycles. The van der Waals surface area contributed by atoms with E-state index in [1.165, 1.54) is 9.13 Å². The summed E-state index contributed by atoms with van der Waals surface area (Å²) < 4.78 is 3.78. The van der Waals surface area contributed by atoms with Gasteiger partial charge in [-0.3, -0.25) is 19.0 Å². The standard InChI is InChI=1S/C16H18BrN5O2/c1-3-8-21-15(23)12-13(18-2)19-20-14(12)22(16(21)24)9-10-4-6-11(17)7-5-10/h4-7H,3,8-9H2,1-2H3,(H2,18,19,20). The zero-order valence-electron chi connectivity index (χ0n) is 13.5. The fourth-order valence-corrected chi connectivity index (χ4v) is 2.97. The third-order valence-corrected chi connectivity index (χ3v) is 4.40. The lowest BCUT2D eigenvalue weighted by atomic mass is 10.2. The van der Waals surface area contributed by atoms with Crippen LogP contribution in [0.5, 0.6) is 0 Å². The first kappa shape index (κ1) is 16.5. The molecule has 0 amide bonds. The second kappa shape index (κ2) is 6.64. The van der Waals surface area contributed by atoms with Crippen molar-refractivity contribution in [3.05, 3.63) is 55.1 Å². The maximum Gasteiger partial charge on any atom is 0.333 e. The normalized spacial score (nSPS) is 11.1. The van der Waals surface area contributed by atoms with Crippen LogP contribution in [0, 0.1) is 0 Å². The minimum atomic E-state index is -0.341. The van der Waals surface area contributed by atoms with E-state index in [2.05, 4.69) is 31.4 Å². The smallest absolute Gasteiger partial charge is 0.333 e. The van der Waals surface area contributed by atoms with Crippen molar-refractivity contribution in [1.29, 1.82) is 0 Å². The summed E-state index contributed by atoms with van der Waals surface area (Å²) in [5.41, 5.74) is 0.662. The Bertz CT molecular complexity index is 985. The van der Waals surface area contributed by atoms with Gasteiger partial charge in [-0.05, 0) is 24.1 Å². The number of hydrogen-bond donors (Lipinski definition) is 2. The number of anilines is 1. The van der Waals surface area contributed by atoms with Crippen molar-refractivity contribution in [2.45, 2.75) is 26.4 Å². The first-order chi connectivity index (χ1) is 11.6. The Morgan fingerprint density at radius 1 is 1.21 bits per heavy atom. The van der Waals surface area contributed by atoms with Crippen LogP contribution in [0.1, 0.15) is 18.9 Å². The number of hydrogen-bond acceptors (Lipinski definition) is 4. The average molecular weight is 392 g/mol. The molecule has 0 aliphatic carbocycles. The van der Waals surface area contributed by atoms with Gasteiger partial charge in [0.1, 0.15) is 11.2 Å². The molecule has 0 fully saturated rings. The molecule has 0 saturated carbocycles. The van der Waals surface area contributed by atoms with Gasteiger partial charge in [-0.15, -0.1) is 0 Å². The van der Waals surface area contributed by atoms with Gasteiger partial charge < -0.3 is 5.32 Å². The van der Waals surface area contributed by atoms with E-state index in [0.29, 0.717) is 36.4 Å². The second-order valence-corrected chi connectivity index (χ2v) is 6.41. The number of halogens is 1. The van der Waals surface area contributed by atoms with Gasteiger partial charge >= 0.3 is 5.69 Å². The number of nitrogens with one attached hydrogen (secondary N) is 2. The topological polar surface area (TPSA) is 84.7 Å². The van der Waals surface area contributed by atoms with Crippen LogP contribution in [-0.4, -0.2) is 26.4 Å². The summed E-state index contributed by atoms with van der Waals surface area (Å²) in [5, 5.41) is 10.3. The van der Waals surface area contributed by atoms with E-state index < -0.39 is 0 Å². The summed E-state index contributed by atoms with van der Waals surface area (Å²) >= 11 is 3.40. The van der Waals surface area contributed by atoms with Gasteiger partial charge in [0.2, 0.25) is 0 Å². The van der Waals surface area contributed by atoms with E-state index in [-0.39, 0.29) is 11.2 Å². The van der Waals surface area contributed by atoms with E-state index in [4.69, 9.17) is 0 Å². The predicted molar refractivity (Wildman–Crippen MR) is 97.7 cm³/mol. The molecule has 8 heteroatoms. The molecule has 1 aromatic carbocycles. The third kappa shape index (κ3) is 2.77. The molecule has 0 atom stereocenters. The van der Waals surface area contributed by atoms with Crippen LogP contribution in [0.4, 0.5) is 5.82 Å². The molecule has 0 radical (unpaired) electrons. The fraction of sp³-hybridized carbons (Fsp3) is 0.312. The third-order valence-electron chi connectivity index (χ3n) is 3.87. The molecule has 0 aliphatic rings. The van der Waals surface area contributed by atoms with Crippen molar-refractivity contribution in [3.8, 4) is 0 Å². The molecule has 0 aliphatic heterocycles. The Balaban J connectivity index is 2.25. The highest BCUT2D eigenvalue weighted by Crippen LogP contribution is 2.16. The summed E-state index contributed by atoms with van der Waals surface area (Å²) in [5.74, 6) is 0.518. The van der Waals surface area contributed by atoms with Crippen LogP contribution in [-0.2, 0) is 13.1 Å². The van der Waals surface area contributed by atoms with Crippen molar-refractivity contribution >= 4 is 32.8 Å². The largest absolute Gasteiger partial charge is 0.373 e. The molecule has 3 rings (SSSR count). The van der Waals surface area contributed by atoms with Crippen LogP contribution in [0.15, 0.2) is 38.3 Å². The highest BCUT2D eigenvalue weighted by Gasteiger charge is 2.18. The van der Waals surface area contributed by atoms with Crippen LogP contribution in [0.25, 0.3) is 11.0 Å². The Labute approximate surface area is 146 Å². The number of fused-ring (bicyclic) bond motifs is 1. The number of aromatic amines is 1. The van der Waals surface area contributed by atoms with E-state index in [9.17, 15) is 9.59 Å². The summed E-state index contributed by atoms with van der Waals surface area (Å²) in [4.78, 5) is 25.5. The fourth-order valence-electron chi connectivity index (χ4n) is 2.71. The molecule has 0 unspecified atom stereocenters. The second-order valence-electron chi connectivity index (χ2n) is 5.50. The van der Waals surface area contributed by atoms with E-state index >= 15 is 0 Å². The molecular formula is C16H18BrN5O2. The van der Waals surface area contributed by atoms with Gasteiger partial charge in [-0.1, -0.05) is 35.0 Å². The summed E-state index contributed by atoms with van der Waals surface area (Å²) in [7, 11) is 1.71. The Kier molecular flexibility index (Phi) is 4.57. The summed E-state index contributed by atoms with van der Waals surface area (Å²) in [6.07, 6.45) is 0.700. The lowest BCUT2D eigenvalue weighted by molar-refractivity contribution is 0.579. The molecule has 24 heavy (non-hydrogen) atoms. The Hall–Kier alpha value is -2.35. The van der Waals surface area contributed by atoms with Gasteiger partial charge in [0.25, 0.3) is 5.56 Å². The van der Waals surface area contributed by atoms with Crippen molar-refractivity contribution in [1.82, 2.24) is 19.3 Å². The van der Waals surface area contributed by atoms with E-state index in [0.717, 1.165) is 10.0 Å². The number of nitrogens with zero attached hydrogens (tertiary/aromatic N) is 3. The molecule has 0 bridgehead atoms. The number of aromatic nitrogens is 4. The summed E-state index contributed by atoms with van der Waals surface area (Å²) in [6, 6.07) is 7.71. The Morgan fingerprint density at radius 2 is 1.92 bits per heavy atom. The van der Waals surface area contributed by atoms with Crippen molar-refractivity contribution in [2.75, 3.05) is 12.4 Å². The van der Waals surface area contributed by atoms with Crippen molar-refractivity contribution < 1.29 is 0 Å². The molecule has 0 spiro atoms. The maximum absolute atomic E-state index is 12.8. The monoisotopic (exact) mass is 391 g/mol. The molecule has 2 heterocycles. The van der Waals surface area contributed by atoms with Gasteiger partial charge in [-0.2, -0.15) is 5.10 Å².